The standard InChI is InChI=1S/C50H62ClF3N6O5S3/c1-36(2)59-28-24-57(25-29-59)23-21-41(35-66-43-8-6-5-7-9-43)55-46-19-18-44(32-47(46)67(62,63)50(52,53)54)68(64,65)56-48(61)38-12-16-42(17-13-38)60-30-26-58(27-31-60)34-39-33-49(3,4)22-20-45(39)37-10-14-40(51)15-11-37/h5-19,32,36,41,55H,20-31,33-35H2,1-4H3,(H,56,61)/t41-/m1/s1. The van der Waals surface area contributed by atoms with Crippen LogP contribution in [0.2, 0.25) is 5.02 Å². The molecular weight excluding hydrogens is 953 g/mol. The summed E-state index contributed by atoms with van der Waals surface area (Å²) in [5.41, 5.74) is -0.982. The molecule has 0 aromatic heterocycles. The van der Waals surface area contributed by atoms with Crippen molar-refractivity contribution in [3.05, 3.63) is 119 Å². The van der Waals surface area contributed by atoms with Crippen LogP contribution in [0.3, 0.4) is 0 Å². The number of rotatable bonds is 17. The lowest BCUT2D eigenvalue weighted by Crippen LogP contribution is -2.49. The van der Waals surface area contributed by atoms with Crippen molar-refractivity contribution in [2.75, 3.05) is 81.4 Å². The van der Waals surface area contributed by atoms with E-state index >= 15 is 0 Å². The number of amides is 1. The third-order valence-electron chi connectivity index (χ3n) is 13.2. The van der Waals surface area contributed by atoms with Crippen LogP contribution in [0.1, 0.15) is 69.3 Å². The molecule has 0 unspecified atom stereocenters. The zero-order valence-corrected chi connectivity index (χ0v) is 42.3. The first kappa shape index (κ1) is 51.7. The van der Waals surface area contributed by atoms with E-state index in [1.165, 1.54) is 40.6 Å². The van der Waals surface area contributed by atoms with Crippen LogP contribution in [0.15, 0.2) is 117 Å². The van der Waals surface area contributed by atoms with Gasteiger partial charge in [0.15, 0.2) is 0 Å². The summed E-state index contributed by atoms with van der Waals surface area (Å²) >= 11 is 7.67. The number of sulfone groups is 1. The van der Waals surface area contributed by atoms with Gasteiger partial charge in [0.25, 0.3) is 25.8 Å². The van der Waals surface area contributed by atoms with Crippen molar-refractivity contribution >= 4 is 66.1 Å². The Morgan fingerprint density at radius 1 is 0.824 bits per heavy atom. The Morgan fingerprint density at radius 3 is 2.10 bits per heavy atom. The number of nitrogens with zero attached hydrogens (tertiary/aromatic N) is 4. The van der Waals surface area contributed by atoms with Crippen LogP contribution in [0.25, 0.3) is 5.57 Å². The Balaban J connectivity index is 1.02. The number of hydrogen-bond acceptors (Lipinski definition) is 11. The van der Waals surface area contributed by atoms with Crippen molar-refractivity contribution < 1.29 is 34.8 Å². The Hall–Kier alpha value is -4.10. The summed E-state index contributed by atoms with van der Waals surface area (Å²) in [4.78, 5) is 21.6. The Bertz CT molecular complexity index is 2620. The molecular formula is C50H62ClF3N6O5S3. The summed E-state index contributed by atoms with van der Waals surface area (Å²) < 4.78 is 98.3. The number of allylic oxidation sites excluding steroid dienone is 1. The summed E-state index contributed by atoms with van der Waals surface area (Å²) in [6.45, 7) is 16.9. The average Bonchev–Trinajstić information content (AvgIpc) is 3.30. The number of alkyl halides is 3. The molecule has 18 heteroatoms. The normalized spacial score (nSPS) is 18.5. The van der Waals surface area contributed by atoms with Gasteiger partial charge < -0.3 is 15.1 Å². The molecule has 0 bridgehead atoms. The Morgan fingerprint density at radius 2 is 1.47 bits per heavy atom. The molecule has 2 aliphatic heterocycles. The first-order chi connectivity index (χ1) is 32.2. The van der Waals surface area contributed by atoms with Gasteiger partial charge in [-0.15, -0.1) is 11.8 Å². The summed E-state index contributed by atoms with van der Waals surface area (Å²) in [5, 5.41) is 3.76. The van der Waals surface area contributed by atoms with Gasteiger partial charge in [-0.3, -0.25) is 14.6 Å². The van der Waals surface area contributed by atoms with Gasteiger partial charge in [-0.2, -0.15) is 13.2 Å². The van der Waals surface area contributed by atoms with E-state index in [2.05, 4.69) is 64.7 Å². The highest BCUT2D eigenvalue weighted by Crippen LogP contribution is 2.43. The van der Waals surface area contributed by atoms with Crippen LogP contribution in [0, 0.1) is 5.41 Å². The zero-order chi connectivity index (χ0) is 48.9. The SMILES string of the molecule is CC(C)N1CCN(CC[C@H](CSc2ccccc2)Nc2ccc(S(=O)(=O)NC(=O)c3ccc(N4CCN(CC5=C(c6ccc(Cl)cc6)CCC(C)(C)C5)CC4)cc3)cc2S(=O)(=O)C(F)(F)F)CC1. The molecule has 4 aromatic carbocycles. The lowest BCUT2D eigenvalue weighted by molar-refractivity contribution is -0.0435. The van der Waals surface area contributed by atoms with Crippen molar-refractivity contribution in [1.82, 2.24) is 19.4 Å². The van der Waals surface area contributed by atoms with E-state index in [1.54, 1.807) is 12.1 Å². The molecule has 368 valence electrons. The van der Waals surface area contributed by atoms with Crippen LogP contribution in [0.4, 0.5) is 24.5 Å². The van der Waals surface area contributed by atoms with Gasteiger partial charge in [0.05, 0.1) is 10.6 Å². The summed E-state index contributed by atoms with van der Waals surface area (Å²) in [5.74, 6) is -0.632. The van der Waals surface area contributed by atoms with Gasteiger partial charge in [0.2, 0.25) is 0 Å². The molecule has 1 amide bonds. The van der Waals surface area contributed by atoms with E-state index in [1.807, 2.05) is 47.2 Å². The predicted molar refractivity (Wildman–Crippen MR) is 268 cm³/mol. The smallest absolute Gasteiger partial charge is 0.380 e. The predicted octanol–water partition coefficient (Wildman–Crippen LogP) is 9.53. The molecule has 0 saturated carbocycles. The highest BCUT2D eigenvalue weighted by Gasteiger charge is 2.48. The number of sulfonamides is 1. The van der Waals surface area contributed by atoms with Crippen LogP contribution < -0.4 is 14.9 Å². The van der Waals surface area contributed by atoms with E-state index < -0.39 is 47.1 Å². The molecule has 2 heterocycles. The number of carbonyl (C=O) groups excluding carboxylic acids is 1. The summed E-state index contributed by atoms with van der Waals surface area (Å²) in [7, 11) is -10.9. The second kappa shape index (κ2) is 21.9. The maximum Gasteiger partial charge on any atom is 0.501 e. The molecule has 7 rings (SSSR count). The van der Waals surface area contributed by atoms with Crippen LogP contribution in [-0.2, 0) is 19.9 Å². The highest BCUT2D eigenvalue weighted by molar-refractivity contribution is 7.99. The molecule has 1 aliphatic carbocycles. The quantitative estimate of drug-likeness (QED) is 0.0985. The average molecular weight is 1020 g/mol. The molecule has 2 fully saturated rings. The monoisotopic (exact) mass is 1010 g/mol. The second-order valence-electron chi connectivity index (χ2n) is 19.0. The number of carbonyl (C=O) groups is 1. The number of hydrogen-bond donors (Lipinski definition) is 2. The van der Waals surface area contributed by atoms with Crippen LogP contribution >= 0.6 is 23.4 Å². The minimum Gasteiger partial charge on any atom is -0.380 e. The third kappa shape index (κ3) is 13.2. The molecule has 2 N–H and O–H groups in total. The van der Waals surface area contributed by atoms with Crippen LogP contribution in [0.5, 0.6) is 0 Å². The first-order valence-corrected chi connectivity index (χ1v) is 27.5. The van der Waals surface area contributed by atoms with Gasteiger partial charge >= 0.3 is 5.51 Å². The minimum atomic E-state index is -6.06. The highest BCUT2D eigenvalue weighted by atomic mass is 35.5. The molecule has 0 radical (unpaired) electrons. The molecule has 1 atom stereocenters. The Kier molecular flexibility index (Phi) is 16.7. The van der Waals surface area contributed by atoms with Crippen molar-refractivity contribution in [1.29, 1.82) is 0 Å². The molecule has 11 nitrogen and oxygen atoms in total. The molecule has 3 aliphatic rings. The topological polar surface area (TPSA) is 122 Å². The van der Waals surface area contributed by atoms with E-state index in [9.17, 15) is 34.8 Å². The third-order valence-corrected chi connectivity index (χ3v) is 17.5. The number of nitrogens with one attached hydrogen (secondary N) is 2. The lowest BCUT2D eigenvalue weighted by atomic mass is 9.73. The van der Waals surface area contributed by atoms with Gasteiger partial charge in [-0.25, -0.2) is 21.6 Å². The maximum atomic E-state index is 14.3. The van der Waals surface area contributed by atoms with Crippen molar-refractivity contribution in [2.24, 2.45) is 5.41 Å². The largest absolute Gasteiger partial charge is 0.501 e. The van der Waals surface area contributed by atoms with Gasteiger partial charge in [0, 0.05) is 104 Å². The van der Waals surface area contributed by atoms with Crippen LogP contribution in [-0.4, -0.2) is 126 Å². The maximum absolute atomic E-state index is 14.3. The fourth-order valence-corrected chi connectivity index (χ4v) is 12.3. The van der Waals surface area contributed by atoms with E-state index in [0.29, 0.717) is 35.8 Å². The number of piperazine rings is 2. The first-order valence-electron chi connectivity index (χ1n) is 23.1. The fraction of sp³-hybridized carbons (Fsp3) is 0.460. The summed E-state index contributed by atoms with van der Waals surface area (Å²) in [6.07, 6.45) is 3.63. The molecule has 68 heavy (non-hydrogen) atoms. The minimum absolute atomic E-state index is 0.00309. The van der Waals surface area contributed by atoms with E-state index in [-0.39, 0.29) is 16.7 Å². The number of benzene rings is 4. The van der Waals surface area contributed by atoms with Gasteiger partial charge in [-0.1, -0.05) is 61.4 Å². The van der Waals surface area contributed by atoms with Crippen molar-refractivity contribution in [2.45, 2.75) is 85.7 Å². The molecule has 0 spiro atoms. The number of anilines is 2. The van der Waals surface area contributed by atoms with Gasteiger partial charge in [0.1, 0.15) is 4.90 Å². The van der Waals surface area contributed by atoms with Crippen molar-refractivity contribution in [3.8, 4) is 0 Å². The number of thioether (sulfide) groups is 1. The fourth-order valence-electron chi connectivity index (χ4n) is 9.17. The van der Waals surface area contributed by atoms with Gasteiger partial charge in [-0.05, 0) is 123 Å². The molecule has 2 saturated heterocycles. The van der Waals surface area contributed by atoms with Crippen molar-refractivity contribution in [3.63, 3.8) is 0 Å². The molecule has 4 aromatic rings. The van der Waals surface area contributed by atoms with E-state index in [4.69, 9.17) is 11.6 Å². The summed E-state index contributed by atoms with van der Waals surface area (Å²) in [6, 6.07) is 26.4. The lowest BCUT2D eigenvalue weighted by Gasteiger charge is -2.39. The number of halogens is 4. The zero-order valence-electron chi connectivity index (χ0n) is 39.1. The second-order valence-corrected chi connectivity index (χ2v) is 24.1. The van der Waals surface area contributed by atoms with E-state index in [0.717, 1.165) is 101 Å². The Labute approximate surface area is 409 Å².